The Hall–Kier alpha value is -0.960. The van der Waals surface area contributed by atoms with Crippen LogP contribution in [0, 0.1) is 0 Å². The van der Waals surface area contributed by atoms with Crippen molar-refractivity contribution in [3.05, 3.63) is 12.2 Å². The number of aliphatic hydroxyl groups is 2. The number of carbonyl (C=O) groups excluding carboxylic acids is 1. The zero-order valence-corrected chi connectivity index (χ0v) is 33.0. The van der Waals surface area contributed by atoms with Crippen LogP contribution in [0.25, 0.3) is 0 Å². The number of unbranched alkanes of at least 4 members (excludes halogenated alkanes) is 27. The third-order valence-electron chi connectivity index (χ3n) is 9.83. The summed E-state index contributed by atoms with van der Waals surface area (Å²) in [6.45, 7) is 4.49. The monoisotopic (exact) mass is 716 g/mol. The van der Waals surface area contributed by atoms with Crippen LogP contribution in [0.1, 0.15) is 219 Å². The first kappa shape index (κ1) is 48.0. The third kappa shape index (κ3) is 35.2. The Bertz CT molecular complexity index is 849. The Kier molecular flexibility index (Phi) is 34.7. The first-order chi connectivity index (χ1) is 23.7. The second-order valence-corrected chi connectivity index (χ2v) is 16.3. The molecule has 0 radical (unpaired) electrons. The highest BCUT2D eigenvalue weighted by molar-refractivity contribution is 7.85. The maximum atomic E-state index is 12.6. The van der Waals surface area contributed by atoms with Crippen LogP contribution in [0.3, 0.4) is 0 Å². The lowest BCUT2D eigenvalue weighted by molar-refractivity contribution is -0.131. The van der Waals surface area contributed by atoms with Crippen LogP contribution >= 0.6 is 0 Å². The molecule has 292 valence electrons. The normalized spacial score (nSPS) is 14.0. The quantitative estimate of drug-likeness (QED) is 0.0286. The van der Waals surface area contributed by atoms with E-state index in [9.17, 15) is 28.0 Å². The first-order valence-corrected chi connectivity index (χ1v) is 22.6. The summed E-state index contributed by atoms with van der Waals surface area (Å²) < 4.78 is 32.5. The summed E-state index contributed by atoms with van der Waals surface area (Å²) in [6, 6.07) is -1.14. The number of hydrogen-bond acceptors (Lipinski definition) is 5. The molecular formula is C41H81NO6S. The van der Waals surface area contributed by atoms with Crippen LogP contribution < -0.4 is 5.32 Å². The van der Waals surface area contributed by atoms with Crippen molar-refractivity contribution in [2.75, 3.05) is 5.75 Å². The number of carbonyl (C=O) groups is 1. The molecule has 49 heavy (non-hydrogen) atoms. The van der Waals surface area contributed by atoms with E-state index in [0.29, 0.717) is 25.7 Å². The summed E-state index contributed by atoms with van der Waals surface area (Å²) in [7, 11) is -4.40. The summed E-state index contributed by atoms with van der Waals surface area (Å²) in [5.74, 6) is -1.45. The van der Waals surface area contributed by atoms with Crippen LogP contribution in [-0.2, 0) is 14.9 Å². The van der Waals surface area contributed by atoms with Crippen molar-refractivity contribution in [2.45, 2.75) is 238 Å². The van der Waals surface area contributed by atoms with Crippen molar-refractivity contribution in [2.24, 2.45) is 0 Å². The number of amides is 1. The first-order valence-electron chi connectivity index (χ1n) is 21.0. The van der Waals surface area contributed by atoms with Crippen LogP contribution in [0.4, 0.5) is 0 Å². The lowest BCUT2D eigenvalue weighted by atomic mass is 10.0. The molecule has 0 fully saturated rings. The highest BCUT2D eigenvalue weighted by Crippen LogP contribution is 2.16. The number of rotatable bonds is 38. The molecule has 0 saturated heterocycles. The average Bonchev–Trinajstić information content (AvgIpc) is 3.06. The fourth-order valence-corrected chi connectivity index (χ4v) is 7.33. The largest absolute Gasteiger partial charge is 0.391 e. The predicted octanol–water partition coefficient (Wildman–Crippen LogP) is 11.2. The minimum absolute atomic E-state index is 0.292. The Morgan fingerprint density at radius 1 is 0.531 bits per heavy atom. The van der Waals surface area contributed by atoms with E-state index in [4.69, 9.17) is 0 Å². The average molecular weight is 716 g/mol. The molecule has 1 amide bonds. The van der Waals surface area contributed by atoms with E-state index in [1.54, 1.807) is 0 Å². The topological polar surface area (TPSA) is 124 Å². The molecule has 3 unspecified atom stereocenters. The van der Waals surface area contributed by atoms with Gasteiger partial charge in [0.1, 0.15) is 6.10 Å². The van der Waals surface area contributed by atoms with Gasteiger partial charge in [0.2, 0.25) is 5.91 Å². The van der Waals surface area contributed by atoms with Gasteiger partial charge in [0.25, 0.3) is 10.1 Å². The molecule has 0 heterocycles. The second-order valence-electron chi connectivity index (χ2n) is 14.8. The molecule has 0 aliphatic rings. The predicted molar refractivity (Wildman–Crippen MR) is 209 cm³/mol. The molecule has 4 N–H and O–H groups in total. The van der Waals surface area contributed by atoms with Gasteiger partial charge < -0.3 is 15.5 Å². The lowest BCUT2D eigenvalue weighted by Crippen LogP contribution is -2.50. The lowest BCUT2D eigenvalue weighted by Gasteiger charge is -2.24. The van der Waals surface area contributed by atoms with E-state index < -0.39 is 40.0 Å². The fourth-order valence-electron chi connectivity index (χ4n) is 6.57. The van der Waals surface area contributed by atoms with Crippen LogP contribution in [-0.4, -0.2) is 53.1 Å². The molecule has 0 aliphatic heterocycles. The summed E-state index contributed by atoms with van der Waals surface area (Å²) in [4.78, 5) is 12.6. The smallest absolute Gasteiger partial charge is 0.266 e. The molecule has 0 saturated carbocycles. The van der Waals surface area contributed by atoms with Gasteiger partial charge in [-0.25, -0.2) is 0 Å². The van der Waals surface area contributed by atoms with E-state index in [2.05, 4.69) is 31.3 Å². The molecule has 0 bridgehead atoms. The van der Waals surface area contributed by atoms with Crippen molar-refractivity contribution in [1.29, 1.82) is 0 Å². The van der Waals surface area contributed by atoms with Crippen molar-refractivity contribution in [1.82, 2.24) is 5.32 Å². The van der Waals surface area contributed by atoms with Crippen molar-refractivity contribution in [3.8, 4) is 0 Å². The van der Waals surface area contributed by atoms with E-state index in [1.807, 2.05) is 0 Å². The van der Waals surface area contributed by atoms with Crippen molar-refractivity contribution >= 4 is 16.0 Å². The molecule has 0 aliphatic carbocycles. The molecule has 3 atom stereocenters. The van der Waals surface area contributed by atoms with Gasteiger partial charge in [-0.2, -0.15) is 8.42 Å². The second kappa shape index (κ2) is 35.4. The van der Waals surface area contributed by atoms with Gasteiger partial charge in [-0.05, 0) is 38.5 Å². The summed E-state index contributed by atoms with van der Waals surface area (Å²) in [5, 5.41) is 23.5. The maximum Gasteiger partial charge on any atom is 0.266 e. The SMILES string of the molecule is CCCCCCCCCCCCCC/C=C\CCCCCCCCC(O)C(=O)NC(CS(=O)(=O)O)C(O)CCCCCCCCCCCC. The number of aliphatic hydroxyl groups excluding tert-OH is 2. The van der Waals surface area contributed by atoms with Crippen LogP contribution in [0.5, 0.6) is 0 Å². The molecular weight excluding hydrogens is 635 g/mol. The summed E-state index contributed by atoms with van der Waals surface area (Å²) in [5.41, 5.74) is 0. The Morgan fingerprint density at radius 3 is 1.22 bits per heavy atom. The molecule has 8 heteroatoms. The Labute approximate surface area is 304 Å². The zero-order valence-electron chi connectivity index (χ0n) is 32.2. The molecule has 0 rings (SSSR count). The number of allylic oxidation sites excluding steroid dienone is 2. The molecule has 7 nitrogen and oxygen atoms in total. The molecule has 0 aromatic rings. The van der Waals surface area contributed by atoms with Gasteiger partial charge in [-0.1, -0.05) is 193 Å². The van der Waals surface area contributed by atoms with Crippen molar-refractivity contribution < 1.29 is 28.0 Å². The van der Waals surface area contributed by atoms with Gasteiger partial charge in [-0.15, -0.1) is 0 Å². The van der Waals surface area contributed by atoms with Gasteiger partial charge in [-0.3, -0.25) is 9.35 Å². The van der Waals surface area contributed by atoms with Gasteiger partial charge in [0.05, 0.1) is 17.9 Å². The third-order valence-corrected chi connectivity index (χ3v) is 10.6. The van der Waals surface area contributed by atoms with Gasteiger partial charge in [0, 0.05) is 0 Å². The van der Waals surface area contributed by atoms with Gasteiger partial charge >= 0.3 is 0 Å². The molecule has 0 aromatic carbocycles. The Balaban J connectivity index is 3.88. The van der Waals surface area contributed by atoms with E-state index in [1.165, 1.54) is 135 Å². The standard InChI is InChI=1S/C41H81NO6S/c1-3-5-7-9-11-13-15-16-17-18-19-20-21-22-23-24-25-26-28-30-32-34-36-40(44)41(45)42-38(37-49(46,47)48)39(43)35-33-31-29-27-14-12-10-8-6-4-2/h22-23,38-40,43-44H,3-21,24-37H2,1-2H3,(H,42,45)(H,46,47,48)/b23-22-. The minimum Gasteiger partial charge on any atom is -0.391 e. The number of nitrogens with one attached hydrogen (secondary N) is 1. The summed E-state index contributed by atoms with van der Waals surface area (Å²) >= 11 is 0. The van der Waals surface area contributed by atoms with E-state index >= 15 is 0 Å². The summed E-state index contributed by atoms with van der Waals surface area (Å²) in [6.07, 6.45) is 39.6. The highest BCUT2D eigenvalue weighted by atomic mass is 32.2. The van der Waals surface area contributed by atoms with Gasteiger partial charge in [0.15, 0.2) is 0 Å². The Morgan fingerprint density at radius 2 is 0.857 bits per heavy atom. The van der Waals surface area contributed by atoms with E-state index in [0.717, 1.165) is 44.9 Å². The van der Waals surface area contributed by atoms with Crippen molar-refractivity contribution in [3.63, 3.8) is 0 Å². The highest BCUT2D eigenvalue weighted by Gasteiger charge is 2.28. The zero-order chi connectivity index (χ0) is 36.3. The van der Waals surface area contributed by atoms with Crippen LogP contribution in [0.15, 0.2) is 12.2 Å². The molecule has 0 aromatic heterocycles. The minimum atomic E-state index is -4.40. The maximum absolute atomic E-state index is 12.6. The number of hydrogen-bond donors (Lipinski definition) is 4. The van der Waals surface area contributed by atoms with Crippen LogP contribution in [0.2, 0.25) is 0 Å². The van der Waals surface area contributed by atoms with E-state index in [-0.39, 0.29) is 0 Å². The fraction of sp³-hybridized carbons (Fsp3) is 0.927. The molecule has 0 spiro atoms.